The Hall–Kier alpha value is -0.920. The number of rotatable bonds is 7. The third-order valence-corrected chi connectivity index (χ3v) is 6.01. The first kappa shape index (κ1) is 16.5. The second-order valence-electron chi connectivity index (χ2n) is 5.68. The molecule has 1 atom stereocenters. The van der Waals surface area contributed by atoms with E-state index in [9.17, 15) is 8.42 Å². The van der Waals surface area contributed by atoms with Crippen LogP contribution in [0.25, 0.3) is 0 Å². The molecule has 0 saturated carbocycles. The quantitative estimate of drug-likeness (QED) is 0.765. The highest BCUT2D eigenvalue weighted by Crippen LogP contribution is 2.24. The number of imidazole rings is 1. The minimum Gasteiger partial charge on any atom is -0.381 e. The minimum absolute atomic E-state index is 0.0290. The summed E-state index contributed by atoms with van der Waals surface area (Å²) in [6.07, 6.45) is 7.20. The molecule has 0 aromatic carbocycles. The summed E-state index contributed by atoms with van der Waals surface area (Å²) in [5, 5.41) is 0. The molecule has 0 unspecified atom stereocenters. The molecule has 1 fully saturated rings. The first-order valence-corrected chi connectivity index (χ1v) is 9.17. The highest BCUT2D eigenvalue weighted by atomic mass is 32.2. The predicted molar refractivity (Wildman–Crippen MR) is 81.5 cm³/mol. The molecule has 1 aromatic rings. The van der Waals surface area contributed by atoms with E-state index in [-0.39, 0.29) is 11.7 Å². The van der Waals surface area contributed by atoms with Crippen LogP contribution < -0.4 is 0 Å². The third-order valence-electron chi connectivity index (χ3n) is 3.86. The third kappa shape index (κ3) is 4.52. The van der Waals surface area contributed by atoms with Gasteiger partial charge in [-0.1, -0.05) is 6.92 Å². The summed E-state index contributed by atoms with van der Waals surface area (Å²) in [7, 11) is -3.18. The van der Waals surface area contributed by atoms with E-state index < -0.39 is 10.0 Å². The first-order chi connectivity index (χ1) is 10.0. The summed E-state index contributed by atoms with van der Waals surface area (Å²) >= 11 is 0. The lowest BCUT2D eigenvalue weighted by Gasteiger charge is -2.32. The fourth-order valence-electron chi connectivity index (χ4n) is 2.74. The molecule has 0 radical (unpaired) electrons. The Morgan fingerprint density at radius 3 is 2.67 bits per heavy atom. The number of aromatic nitrogens is 2. The highest BCUT2D eigenvalue weighted by Gasteiger charge is 2.29. The van der Waals surface area contributed by atoms with Gasteiger partial charge in [0.15, 0.2) is 0 Å². The van der Waals surface area contributed by atoms with Gasteiger partial charge >= 0.3 is 0 Å². The van der Waals surface area contributed by atoms with Gasteiger partial charge in [0, 0.05) is 38.1 Å². The Kier molecular flexibility index (Phi) is 5.78. The maximum atomic E-state index is 12.4. The molecule has 2 heterocycles. The first-order valence-electron chi connectivity index (χ1n) is 7.56. The molecule has 1 aliphatic rings. The zero-order valence-corrected chi connectivity index (χ0v) is 13.6. The zero-order valence-electron chi connectivity index (χ0n) is 12.8. The Morgan fingerprint density at radius 1 is 1.38 bits per heavy atom. The van der Waals surface area contributed by atoms with Gasteiger partial charge in [-0.2, -0.15) is 0 Å². The van der Waals surface area contributed by atoms with Crippen molar-refractivity contribution in [3.63, 3.8) is 0 Å². The molecule has 1 saturated heterocycles. The van der Waals surface area contributed by atoms with Gasteiger partial charge < -0.3 is 9.30 Å². The molecule has 1 aliphatic heterocycles. The summed E-state index contributed by atoms with van der Waals surface area (Å²) in [5.41, 5.74) is 0. The van der Waals surface area contributed by atoms with Crippen molar-refractivity contribution in [3.05, 3.63) is 18.7 Å². The Bertz CT molecular complexity index is 508. The van der Waals surface area contributed by atoms with Crippen molar-refractivity contribution in [2.45, 2.75) is 32.7 Å². The average Bonchev–Trinajstić information content (AvgIpc) is 2.99. The van der Waals surface area contributed by atoms with Crippen LogP contribution in [0.5, 0.6) is 0 Å². The van der Waals surface area contributed by atoms with E-state index in [2.05, 4.69) is 9.55 Å². The summed E-state index contributed by atoms with van der Waals surface area (Å²) in [6, 6.07) is 0.361. The van der Waals surface area contributed by atoms with Crippen LogP contribution in [0.3, 0.4) is 0 Å². The Labute approximate surface area is 127 Å². The van der Waals surface area contributed by atoms with Crippen LogP contribution >= 0.6 is 0 Å². The molecule has 0 N–H and O–H groups in total. The van der Waals surface area contributed by atoms with E-state index in [1.54, 1.807) is 16.8 Å². The standard InChI is InChI=1S/C14H25N3O3S/c1-3-20-10-13(2)11-21(18,19)17-7-4-14(5-8-17)16-9-6-15-12-16/h6,9,12-14H,3-5,7-8,10-11H2,1-2H3/t13-/m1/s1. The highest BCUT2D eigenvalue weighted by molar-refractivity contribution is 7.89. The number of ether oxygens (including phenoxy) is 1. The lowest BCUT2D eigenvalue weighted by molar-refractivity contribution is 0.122. The van der Waals surface area contributed by atoms with Gasteiger partial charge in [0.2, 0.25) is 10.0 Å². The van der Waals surface area contributed by atoms with Gasteiger partial charge in [0.25, 0.3) is 0 Å². The average molecular weight is 315 g/mol. The van der Waals surface area contributed by atoms with Gasteiger partial charge in [-0.3, -0.25) is 0 Å². The van der Waals surface area contributed by atoms with Crippen LogP contribution in [0.4, 0.5) is 0 Å². The molecular formula is C14H25N3O3S. The van der Waals surface area contributed by atoms with Crippen LogP contribution in [0, 0.1) is 5.92 Å². The van der Waals surface area contributed by atoms with Gasteiger partial charge in [-0.05, 0) is 25.7 Å². The molecule has 21 heavy (non-hydrogen) atoms. The molecule has 0 spiro atoms. The summed E-state index contributed by atoms with van der Waals surface area (Å²) in [6.45, 7) is 6.15. The van der Waals surface area contributed by atoms with E-state index >= 15 is 0 Å². The lowest BCUT2D eigenvalue weighted by atomic mass is 10.1. The topological polar surface area (TPSA) is 64.4 Å². The molecule has 120 valence electrons. The van der Waals surface area contributed by atoms with Crippen LogP contribution in [0.1, 0.15) is 32.7 Å². The van der Waals surface area contributed by atoms with E-state index in [0.29, 0.717) is 32.3 Å². The van der Waals surface area contributed by atoms with Crippen molar-refractivity contribution in [1.82, 2.24) is 13.9 Å². The molecule has 2 rings (SSSR count). The fraction of sp³-hybridized carbons (Fsp3) is 0.786. The number of hydrogen-bond acceptors (Lipinski definition) is 4. The molecule has 0 aliphatic carbocycles. The normalized spacial score (nSPS) is 19.7. The maximum absolute atomic E-state index is 12.4. The maximum Gasteiger partial charge on any atom is 0.214 e. The second-order valence-corrected chi connectivity index (χ2v) is 7.70. The Balaban J connectivity index is 1.85. The van der Waals surface area contributed by atoms with Crippen molar-refractivity contribution >= 4 is 10.0 Å². The molecule has 0 bridgehead atoms. The Morgan fingerprint density at radius 2 is 2.10 bits per heavy atom. The zero-order chi connectivity index (χ0) is 15.3. The number of piperidine rings is 1. The van der Waals surface area contributed by atoms with Crippen molar-refractivity contribution < 1.29 is 13.2 Å². The summed E-state index contributed by atoms with van der Waals surface area (Å²) in [4.78, 5) is 4.05. The van der Waals surface area contributed by atoms with Crippen LogP contribution in [0.15, 0.2) is 18.7 Å². The minimum atomic E-state index is -3.18. The summed E-state index contributed by atoms with van der Waals surface area (Å²) < 4.78 is 33.8. The van der Waals surface area contributed by atoms with E-state index in [4.69, 9.17) is 4.74 Å². The van der Waals surface area contributed by atoms with E-state index in [1.807, 2.05) is 20.0 Å². The van der Waals surface area contributed by atoms with Crippen LogP contribution in [-0.2, 0) is 14.8 Å². The molecule has 1 aromatic heterocycles. The van der Waals surface area contributed by atoms with Gasteiger partial charge in [-0.25, -0.2) is 17.7 Å². The van der Waals surface area contributed by atoms with Gasteiger partial charge in [0.05, 0.1) is 18.7 Å². The monoisotopic (exact) mass is 315 g/mol. The molecule has 7 heteroatoms. The molecule has 6 nitrogen and oxygen atoms in total. The smallest absolute Gasteiger partial charge is 0.214 e. The molecule has 0 amide bonds. The van der Waals surface area contributed by atoms with Crippen molar-refractivity contribution in [1.29, 1.82) is 0 Å². The van der Waals surface area contributed by atoms with E-state index in [1.165, 1.54) is 0 Å². The van der Waals surface area contributed by atoms with Crippen molar-refractivity contribution in [3.8, 4) is 0 Å². The predicted octanol–water partition coefficient (Wildman–Crippen LogP) is 1.52. The molecular weight excluding hydrogens is 290 g/mol. The lowest BCUT2D eigenvalue weighted by Crippen LogP contribution is -2.41. The second kappa shape index (κ2) is 7.38. The number of sulfonamides is 1. The number of hydrogen-bond donors (Lipinski definition) is 0. The fourth-order valence-corrected chi connectivity index (χ4v) is 4.53. The van der Waals surface area contributed by atoms with Crippen molar-refractivity contribution in [2.75, 3.05) is 32.1 Å². The van der Waals surface area contributed by atoms with Crippen molar-refractivity contribution in [2.24, 2.45) is 5.92 Å². The van der Waals surface area contributed by atoms with Gasteiger partial charge in [-0.15, -0.1) is 0 Å². The van der Waals surface area contributed by atoms with Gasteiger partial charge in [0.1, 0.15) is 0 Å². The summed E-state index contributed by atoms with van der Waals surface area (Å²) in [5.74, 6) is 0.198. The SMILES string of the molecule is CCOC[C@@H](C)CS(=O)(=O)N1CCC(n2ccnc2)CC1. The van der Waals surface area contributed by atoms with E-state index in [0.717, 1.165) is 12.8 Å². The van der Waals surface area contributed by atoms with Crippen LogP contribution in [-0.4, -0.2) is 54.3 Å². The largest absolute Gasteiger partial charge is 0.381 e. The number of nitrogens with zero attached hydrogens (tertiary/aromatic N) is 3. The van der Waals surface area contributed by atoms with Crippen LogP contribution in [0.2, 0.25) is 0 Å².